The van der Waals surface area contributed by atoms with Gasteiger partial charge in [0.2, 0.25) is 5.91 Å². The molecule has 5 rings (SSSR count). The fraction of sp³-hybridized carbons (Fsp3) is 0.645. The molecule has 41 heavy (non-hydrogen) atoms. The zero-order valence-electron chi connectivity index (χ0n) is 24.4. The van der Waals surface area contributed by atoms with Gasteiger partial charge in [-0.05, 0) is 67.7 Å². The lowest BCUT2D eigenvalue weighted by Gasteiger charge is -2.37. The van der Waals surface area contributed by atoms with E-state index < -0.39 is 0 Å². The molecule has 1 aliphatic carbocycles. The van der Waals surface area contributed by atoms with E-state index in [1.165, 1.54) is 0 Å². The molecule has 1 atom stereocenters. The van der Waals surface area contributed by atoms with Gasteiger partial charge in [-0.2, -0.15) is 4.98 Å². The molecule has 0 spiro atoms. The van der Waals surface area contributed by atoms with Crippen molar-refractivity contribution in [3.8, 4) is 5.75 Å². The molecular weight excluding hydrogens is 525 g/mol. The summed E-state index contributed by atoms with van der Waals surface area (Å²) in [6, 6.07) is 5.82. The zero-order valence-corrected chi connectivity index (χ0v) is 24.4. The van der Waals surface area contributed by atoms with Gasteiger partial charge in [-0.15, -0.1) is 0 Å². The quantitative estimate of drug-likeness (QED) is 0.452. The van der Waals surface area contributed by atoms with Crippen molar-refractivity contribution in [3.63, 3.8) is 0 Å². The van der Waals surface area contributed by atoms with E-state index in [1.807, 2.05) is 24.8 Å². The van der Waals surface area contributed by atoms with E-state index in [-0.39, 0.29) is 35.9 Å². The van der Waals surface area contributed by atoms with E-state index in [4.69, 9.17) is 14.4 Å². The SMILES string of the molecule is CC(C)c1noc(N2CCC(COc3ccc(C4=CCC(C(=O)N5CCN(CCCO)CC5)CC4)cc3F)CC2)n1. The number of rotatable bonds is 10. The van der Waals surface area contributed by atoms with Gasteiger partial charge in [0.25, 0.3) is 0 Å². The third-order valence-electron chi connectivity index (χ3n) is 8.69. The number of nitrogens with zero attached hydrogens (tertiary/aromatic N) is 5. The predicted molar refractivity (Wildman–Crippen MR) is 155 cm³/mol. The van der Waals surface area contributed by atoms with E-state index in [9.17, 15) is 4.79 Å². The van der Waals surface area contributed by atoms with Crippen LogP contribution in [0.5, 0.6) is 5.75 Å². The minimum Gasteiger partial charge on any atom is -0.490 e. The standard InChI is InChI=1S/C31H44FN5O4/c1-22(2)29-33-31(41-34-29)37-13-10-23(11-14-37)21-40-28-9-8-26(20-27(28)32)24-4-6-25(7-5-24)30(39)36-17-15-35(16-18-36)12-3-19-38/h4,8-9,20,22-23,25,38H,3,5-7,10-19,21H2,1-2H3. The first-order chi connectivity index (χ1) is 19.9. The van der Waals surface area contributed by atoms with Crippen LogP contribution in [0.2, 0.25) is 0 Å². The molecule has 1 aromatic carbocycles. The highest BCUT2D eigenvalue weighted by Crippen LogP contribution is 2.33. The summed E-state index contributed by atoms with van der Waals surface area (Å²) in [6.07, 6.45) is 6.98. The number of benzene rings is 1. The number of hydrogen-bond acceptors (Lipinski definition) is 8. The smallest absolute Gasteiger partial charge is 0.324 e. The number of amides is 1. The Hall–Kier alpha value is -2.98. The Kier molecular flexibility index (Phi) is 9.92. The summed E-state index contributed by atoms with van der Waals surface area (Å²) >= 11 is 0. The number of aromatic nitrogens is 2. The summed E-state index contributed by atoms with van der Waals surface area (Å²) in [4.78, 5) is 24.0. The van der Waals surface area contributed by atoms with Crippen molar-refractivity contribution >= 4 is 17.5 Å². The van der Waals surface area contributed by atoms with Gasteiger partial charge >= 0.3 is 6.01 Å². The summed E-state index contributed by atoms with van der Waals surface area (Å²) in [5.74, 6) is 1.48. The zero-order chi connectivity index (χ0) is 28.8. The molecule has 0 radical (unpaired) electrons. The number of allylic oxidation sites excluding steroid dienone is 2. The Morgan fingerprint density at radius 1 is 1.15 bits per heavy atom. The molecule has 10 heteroatoms. The highest BCUT2D eigenvalue weighted by molar-refractivity contribution is 5.81. The van der Waals surface area contributed by atoms with Gasteiger partial charge in [0.15, 0.2) is 17.4 Å². The van der Waals surface area contributed by atoms with Crippen molar-refractivity contribution in [2.75, 3.05) is 63.9 Å². The Morgan fingerprint density at radius 2 is 1.93 bits per heavy atom. The van der Waals surface area contributed by atoms with Crippen LogP contribution in [-0.2, 0) is 4.79 Å². The maximum absolute atomic E-state index is 15.0. The van der Waals surface area contributed by atoms with Crippen molar-refractivity contribution in [1.29, 1.82) is 0 Å². The lowest BCUT2D eigenvalue weighted by molar-refractivity contribution is -0.137. The van der Waals surface area contributed by atoms with Gasteiger partial charge in [-0.3, -0.25) is 9.69 Å². The summed E-state index contributed by atoms with van der Waals surface area (Å²) < 4.78 is 26.3. The van der Waals surface area contributed by atoms with Crippen molar-refractivity contribution in [2.45, 2.75) is 58.3 Å². The minimum absolute atomic E-state index is 0.00120. The van der Waals surface area contributed by atoms with E-state index in [0.29, 0.717) is 25.0 Å². The molecule has 1 unspecified atom stereocenters. The van der Waals surface area contributed by atoms with Gasteiger partial charge in [0.1, 0.15) is 0 Å². The molecule has 2 saturated heterocycles. The number of hydrogen-bond donors (Lipinski definition) is 1. The van der Waals surface area contributed by atoms with Crippen LogP contribution in [0.1, 0.15) is 69.7 Å². The van der Waals surface area contributed by atoms with Crippen LogP contribution in [0.3, 0.4) is 0 Å². The van der Waals surface area contributed by atoms with Crippen LogP contribution in [0, 0.1) is 17.7 Å². The first-order valence-electron chi connectivity index (χ1n) is 15.2. The Labute approximate surface area is 242 Å². The summed E-state index contributed by atoms with van der Waals surface area (Å²) in [5.41, 5.74) is 1.97. The first kappa shape index (κ1) is 29.5. The molecule has 3 heterocycles. The first-order valence-corrected chi connectivity index (χ1v) is 15.2. The Bertz CT molecular complexity index is 1180. The average Bonchev–Trinajstić information content (AvgIpc) is 3.51. The highest BCUT2D eigenvalue weighted by atomic mass is 19.1. The van der Waals surface area contributed by atoms with Crippen LogP contribution in [-0.4, -0.2) is 90.0 Å². The second-order valence-electron chi connectivity index (χ2n) is 11.9. The molecule has 2 aromatic rings. The molecule has 2 aliphatic heterocycles. The highest BCUT2D eigenvalue weighted by Gasteiger charge is 2.29. The lowest BCUT2D eigenvalue weighted by atomic mass is 9.85. The molecule has 9 nitrogen and oxygen atoms in total. The van der Waals surface area contributed by atoms with Gasteiger partial charge in [-0.1, -0.05) is 31.1 Å². The summed E-state index contributed by atoms with van der Waals surface area (Å²) in [5, 5.41) is 13.1. The number of carbonyl (C=O) groups excluding carboxylic acids is 1. The maximum Gasteiger partial charge on any atom is 0.324 e. The van der Waals surface area contributed by atoms with E-state index in [2.05, 4.69) is 26.0 Å². The number of ether oxygens (including phenoxy) is 1. The van der Waals surface area contributed by atoms with Gasteiger partial charge in [-0.25, -0.2) is 4.39 Å². The number of piperazine rings is 1. The summed E-state index contributed by atoms with van der Waals surface area (Å²) in [7, 11) is 0. The van der Waals surface area contributed by atoms with Crippen molar-refractivity contribution in [1.82, 2.24) is 19.9 Å². The van der Waals surface area contributed by atoms with E-state index >= 15 is 4.39 Å². The lowest BCUT2D eigenvalue weighted by Crippen LogP contribution is -2.50. The second kappa shape index (κ2) is 13.8. The number of piperidine rings is 1. The molecule has 1 amide bonds. The molecule has 0 bridgehead atoms. The third-order valence-corrected chi connectivity index (χ3v) is 8.69. The van der Waals surface area contributed by atoms with Crippen LogP contribution >= 0.6 is 0 Å². The van der Waals surface area contributed by atoms with Gasteiger partial charge < -0.3 is 24.2 Å². The fourth-order valence-corrected chi connectivity index (χ4v) is 5.97. The molecule has 2 fully saturated rings. The number of carbonyl (C=O) groups is 1. The molecule has 1 N–H and O–H groups in total. The minimum atomic E-state index is -0.342. The van der Waals surface area contributed by atoms with Gasteiger partial charge in [0.05, 0.1) is 6.61 Å². The number of aliphatic hydroxyl groups is 1. The third kappa shape index (κ3) is 7.46. The van der Waals surface area contributed by atoms with E-state index in [1.54, 1.807) is 12.1 Å². The van der Waals surface area contributed by atoms with Crippen LogP contribution < -0.4 is 9.64 Å². The van der Waals surface area contributed by atoms with Crippen molar-refractivity contribution < 1.29 is 23.6 Å². The topological polar surface area (TPSA) is 95.2 Å². The largest absolute Gasteiger partial charge is 0.490 e. The fourth-order valence-electron chi connectivity index (χ4n) is 5.97. The number of aliphatic hydroxyl groups excluding tert-OH is 1. The Morgan fingerprint density at radius 3 is 2.56 bits per heavy atom. The van der Waals surface area contributed by atoms with Crippen LogP contribution in [0.25, 0.3) is 5.57 Å². The van der Waals surface area contributed by atoms with Crippen LogP contribution in [0.4, 0.5) is 10.4 Å². The van der Waals surface area contributed by atoms with Crippen molar-refractivity contribution in [3.05, 3.63) is 41.5 Å². The predicted octanol–water partition coefficient (Wildman–Crippen LogP) is 4.34. The maximum atomic E-state index is 15.0. The number of anilines is 1. The Balaban J connectivity index is 1.07. The number of halogens is 1. The normalized spacial score (nSPS) is 20.9. The van der Waals surface area contributed by atoms with Gasteiger partial charge in [0, 0.05) is 64.3 Å². The molecule has 224 valence electrons. The second-order valence-corrected chi connectivity index (χ2v) is 11.9. The van der Waals surface area contributed by atoms with Crippen LogP contribution in [0.15, 0.2) is 28.8 Å². The molecular formula is C31H44FN5O4. The summed E-state index contributed by atoms with van der Waals surface area (Å²) in [6.45, 7) is 10.5. The average molecular weight is 570 g/mol. The van der Waals surface area contributed by atoms with Crippen molar-refractivity contribution in [2.24, 2.45) is 11.8 Å². The monoisotopic (exact) mass is 569 g/mol. The van der Waals surface area contributed by atoms with E-state index in [0.717, 1.165) is 94.9 Å². The molecule has 1 aromatic heterocycles. The molecule has 0 saturated carbocycles. The molecule has 3 aliphatic rings.